The molecule has 0 saturated heterocycles. The van der Waals surface area contributed by atoms with Crippen LogP contribution in [-0.4, -0.2) is 12.6 Å². The maximum Gasteiger partial charge on any atom is 0.231 e. The van der Waals surface area contributed by atoms with Gasteiger partial charge in [-0.3, -0.25) is 4.79 Å². The molecule has 0 saturated carbocycles. The topological polar surface area (TPSA) is 35.5 Å². The third kappa shape index (κ3) is 3.09. The normalized spacial score (nSPS) is 22.7. The molecule has 0 bridgehead atoms. The highest BCUT2D eigenvalue weighted by Crippen LogP contribution is 2.52. The summed E-state index contributed by atoms with van der Waals surface area (Å²) in [7, 11) is 0. The number of fused-ring (bicyclic) bond motifs is 3. The fourth-order valence-electron chi connectivity index (χ4n) is 4.26. The summed E-state index contributed by atoms with van der Waals surface area (Å²) in [4.78, 5) is 12.2. The summed E-state index contributed by atoms with van der Waals surface area (Å²) in [6, 6.07) is 2.27. The average molecular weight is 328 g/mol. The van der Waals surface area contributed by atoms with Gasteiger partial charge in [-0.25, -0.2) is 0 Å². The second kappa shape index (κ2) is 6.62. The number of ketones is 1. The average Bonchev–Trinajstić information content (AvgIpc) is 2.96. The molecule has 0 radical (unpaired) electrons. The van der Waals surface area contributed by atoms with Crippen molar-refractivity contribution in [2.45, 2.75) is 65.7 Å². The molecule has 0 unspecified atom stereocenters. The van der Waals surface area contributed by atoms with Crippen LogP contribution in [0.2, 0.25) is 0 Å². The van der Waals surface area contributed by atoms with Crippen LogP contribution in [0.3, 0.4) is 0 Å². The van der Waals surface area contributed by atoms with Crippen molar-refractivity contribution < 1.29 is 14.3 Å². The molecule has 1 aromatic rings. The molecule has 130 valence electrons. The third-order valence-electron chi connectivity index (χ3n) is 5.36. The standard InChI is InChI=1S/C21H28O3/c1-12(2)8-16(22)9-14(4)17-7-6-13(3)19-18(17)10-15(5)20-21(19)24-11-23-20/h8,10,13-14,17H,6-7,9,11H2,1-5H3/t13-,14-,17+/m0/s1. The Kier molecular flexibility index (Phi) is 4.71. The SMILES string of the molecule is CC(C)=CC(=O)C[C@H](C)[C@H]1CC[C@H](C)c2c1cc(C)c1c2OCO1. The van der Waals surface area contributed by atoms with Gasteiger partial charge in [0, 0.05) is 12.0 Å². The van der Waals surface area contributed by atoms with E-state index < -0.39 is 0 Å². The largest absolute Gasteiger partial charge is 0.453 e. The van der Waals surface area contributed by atoms with Crippen LogP contribution in [0.1, 0.15) is 75.5 Å². The fraction of sp³-hybridized carbons (Fsp3) is 0.571. The van der Waals surface area contributed by atoms with Crippen LogP contribution >= 0.6 is 0 Å². The molecule has 3 atom stereocenters. The van der Waals surface area contributed by atoms with E-state index in [0.717, 1.165) is 35.5 Å². The fourth-order valence-corrected chi connectivity index (χ4v) is 4.26. The number of carbonyl (C=O) groups excluding carboxylic acids is 1. The highest BCUT2D eigenvalue weighted by atomic mass is 16.7. The van der Waals surface area contributed by atoms with Crippen LogP contribution in [0, 0.1) is 12.8 Å². The first-order chi connectivity index (χ1) is 11.4. The maximum atomic E-state index is 12.2. The van der Waals surface area contributed by atoms with Crippen molar-refractivity contribution in [3.63, 3.8) is 0 Å². The van der Waals surface area contributed by atoms with E-state index in [1.54, 1.807) is 6.08 Å². The van der Waals surface area contributed by atoms with Crippen molar-refractivity contribution in [2.75, 3.05) is 6.79 Å². The summed E-state index contributed by atoms with van der Waals surface area (Å²) in [5.41, 5.74) is 4.89. The Bertz CT molecular complexity index is 683. The molecule has 0 amide bonds. The highest BCUT2D eigenvalue weighted by molar-refractivity contribution is 5.90. The van der Waals surface area contributed by atoms with Gasteiger partial charge in [0.15, 0.2) is 17.3 Å². The van der Waals surface area contributed by atoms with Crippen molar-refractivity contribution >= 4 is 5.78 Å². The lowest BCUT2D eigenvalue weighted by Crippen LogP contribution is -2.21. The number of allylic oxidation sites excluding steroid dienone is 2. The second-order valence-corrected chi connectivity index (χ2v) is 7.72. The van der Waals surface area contributed by atoms with Gasteiger partial charge in [-0.1, -0.05) is 25.5 Å². The molecule has 0 aromatic heterocycles. The number of carbonyl (C=O) groups is 1. The van der Waals surface area contributed by atoms with Crippen LogP contribution in [0.5, 0.6) is 11.5 Å². The number of rotatable bonds is 4. The van der Waals surface area contributed by atoms with Gasteiger partial charge in [-0.15, -0.1) is 0 Å². The molecule has 3 rings (SSSR count). The van der Waals surface area contributed by atoms with Crippen molar-refractivity contribution in [1.82, 2.24) is 0 Å². The zero-order chi connectivity index (χ0) is 17.4. The number of hydrogen-bond acceptors (Lipinski definition) is 3. The molecule has 1 aromatic carbocycles. The predicted molar refractivity (Wildman–Crippen MR) is 95.9 cm³/mol. The van der Waals surface area contributed by atoms with Gasteiger partial charge < -0.3 is 9.47 Å². The van der Waals surface area contributed by atoms with E-state index in [1.165, 1.54) is 11.1 Å². The molecule has 3 heteroatoms. The summed E-state index contributed by atoms with van der Waals surface area (Å²) in [6.07, 6.45) is 4.65. The Balaban J connectivity index is 1.94. The Morgan fingerprint density at radius 1 is 1.29 bits per heavy atom. The van der Waals surface area contributed by atoms with Crippen LogP contribution in [-0.2, 0) is 4.79 Å². The molecule has 1 aliphatic carbocycles. The van der Waals surface area contributed by atoms with Gasteiger partial charge in [-0.05, 0) is 68.6 Å². The minimum Gasteiger partial charge on any atom is -0.453 e. The van der Waals surface area contributed by atoms with Crippen LogP contribution in [0.15, 0.2) is 17.7 Å². The van der Waals surface area contributed by atoms with Gasteiger partial charge in [0.05, 0.1) is 0 Å². The van der Waals surface area contributed by atoms with E-state index in [0.29, 0.717) is 31.0 Å². The van der Waals surface area contributed by atoms with Gasteiger partial charge in [-0.2, -0.15) is 0 Å². The van der Waals surface area contributed by atoms with E-state index >= 15 is 0 Å². The minimum absolute atomic E-state index is 0.236. The van der Waals surface area contributed by atoms with Crippen LogP contribution in [0.25, 0.3) is 0 Å². The van der Waals surface area contributed by atoms with Gasteiger partial charge in [0.2, 0.25) is 6.79 Å². The van der Waals surface area contributed by atoms with Crippen LogP contribution < -0.4 is 9.47 Å². The molecule has 1 aliphatic heterocycles. The van der Waals surface area contributed by atoms with E-state index in [4.69, 9.17) is 9.47 Å². The number of ether oxygens (including phenoxy) is 2. The molecule has 2 aliphatic rings. The van der Waals surface area contributed by atoms with Crippen molar-refractivity contribution in [1.29, 1.82) is 0 Å². The maximum absolute atomic E-state index is 12.2. The van der Waals surface area contributed by atoms with E-state index in [1.807, 2.05) is 13.8 Å². The monoisotopic (exact) mass is 328 g/mol. The first-order valence-corrected chi connectivity index (χ1v) is 8.99. The summed E-state index contributed by atoms with van der Waals surface area (Å²) in [5.74, 6) is 3.32. The number of hydrogen-bond donors (Lipinski definition) is 0. The minimum atomic E-state index is 0.236. The van der Waals surface area contributed by atoms with Crippen molar-refractivity contribution in [3.05, 3.63) is 34.4 Å². The Morgan fingerprint density at radius 2 is 2.00 bits per heavy atom. The Labute approximate surface area is 145 Å². The lowest BCUT2D eigenvalue weighted by molar-refractivity contribution is -0.115. The molecule has 24 heavy (non-hydrogen) atoms. The van der Waals surface area contributed by atoms with Gasteiger partial charge in [0.25, 0.3) is 0 Å². The smallest absolute Gasteiger partial charge is 0.231 e. The number of aryl methyl sites for hydroxylation is 1. The molecule has 0 fully saturated rings. The zero-order valence-corrected chi connectivity index (χ0v) is 15.4. The Hall–Kier alpha value is -1.77. The van der Waals surface area contributed by atoms with E-state index in [-0.39, 0.29) is 5.78 Å². The summed E-state index contributed by atoms with van der Waals surface area (Å²) >= 11 is 0. The second-order valence-electron chi connectivity index (χ2n) is 7.72. The molecule has 0 N–H and O–H groups in total. The molecule has 3 nitrogen and oxygen atoms in total. The van der Waals surface area contributed by atoms with Crippen molar-refractivity contribution in [2.24, 2.45) is 5.92 Å². The third-order valence-corrected chi connectivity index (χ3v) is 5.36. The first-order valence-electron chi connectivity index (χ1n) is 8.99. The first kappa shape index (κ1) is 17.1. The van der Waals surface area contributed by atoms with Gasteiger partial charge >= 0.3 is 0 Å². The lowest BCUT2D eigenvalue weighted by Gasteiger charge is -2.34. The highest BCUT2D eigenvalue weighted by Gasteiger charge is 2.35. The van der Waals surface area contributed by atoms with Crippen molar-refractivity contribution in [3.8, 4) is 11.5 Å². The predicted octanol–water partition coefficient (Wildman–Crippen LogP) is 5.27. The number of benzene rings is 1. The lowest BCUT2D eigenvalue weighted by atomic mass is 9.70. The molecule has 1 heterocycles. The van der Waals surface area contributed by atoms with Gasteiger partial charge in [0.1, 0.15) is 0 Å². The zero-order valence-electron chi connectivity index (χ0n) is 15.4. The summed E-state index contributed by atoms with van der Waals surface area (Å²) < 4.78 is 11.5. The summed E-state index contributed by atoms with van der Waals surface area (Å²) in [5, 5.41) is 0. The molecular formula is C21H28O3. The Morgan fingerprint density at radius 3 is 2.71 bits per heavy atom. The summed E-state index contributed by atoms with van der Waals surface area (Å²) in [6.45, 7) is 10.8. The van der Waals surface area contributed by atoms with E-state index in [2.05, 4.69) is 26.8 Å². The van der Waals surface area contributed by atoms with E-state index in [9.17, 15) is 4.79 Å². The quantitative estimate of drug-likeness (QED) is 0.707. The molecular weight excluding hydrogens is 300 g/mol. The van der Waals surface area contributed by atoms with Crippen LogP contribution in [0.4, 0.5) is 0 Å². The molecule has 0 spiro atoms.